The number of ether oxygens (including phenoxy) is 2. The number of benzene rings is 1. The van der Waals surface area contributed by atoms with Gasteiger partial charge in [0.15, 0.2) is 0 Å². The molecule has 0 spiro atoms. The highest BCUT2D eigenvalue weighted by Gasteiger charge is 2.11. The van der Waals surface area contributed by atoms with Crippen molar-refractivity contribution in [2.75, 3.05) is 12.8 Å². The van der Waals surface area contributed by atoms with Crippen molar-refractivity contribution in [3.8, 4) is 0 Å². The molecule has 0 bridgehead atoms. The molecule has 0 saturated carbocycles. The lowest BCUT2D eigenvalue weighted by molar-refractivity contribution is 0.0467. The first-order valence-electron chi connectivity index (χ1n) is 6.16. The third-order valence-electron chi connectivity index (χ3n) is 2.78. The predicted molar refractivity (Wildman–Crippen MR) is 75.6 cm³/mol. The second kappa shape index (κ2) is 6.51. The van der Waals surface area contributed by atoms with Crippen molar-refractivity contribution < 1.29 is 19.1 Å². The van der Waals surface area contributed by atoms with Crippen LogP contribution in [0.3, 0.4) is 0 Å². The fraction of sp³-hybridized carbons (Fsp3) is 0.133. The van der Waals surface area contributed by atoms with E-state index in [9.17, 15) is 9.59 Å². The molecule has 108 valence electrons. The van der Waals surface area contributed by atoms with Gasteiger partial charge in [-0.2, -0.15) is 0 Å². The van der Waals surface area contributed by atoms with Gasteiger partial charge in [0.1, 0.15) is 6.61 Å². The summed E-state index contributed by atoms with van der Waals surface area (Å²) in [4.78, 5) is 27.1. The van der Waals surface area contributed by atoms with Gasteiger partial charge in [0.2, 0.25) is 0 Å². The molecule has 21 heavy (non-hydrogen) atoms. The lowest BCUT2D eigenvalue weighted by Crippen LogP contribution is -2.09. The van der Waals surface area contributed by atoms with E-state index < -0.39 is 11.9 Å². The Kier molecular flexibility index (Phi) is 4.50. The Balaban J connectivity index is 1.99. The van der Waals surface area contributed by atoms with Crippen LogP contribution in [0.2, 0.25) is 0 Å². The summed E-state index contributed by atoms with van der Waals surface area (Å²) in [5.41, 5.74) is 7.21. The number of hydrogen-bond donors (Lipinski definition) is 1. The van der Waals surface area contributed by atoms with Gasteiger partial charge in [-0.3, -0.25) is 4.98 Å². The number of methoxy groups -OCH3 is 1. The Labute approximate surface area is 121 Å². The van der Waals surface area contributed by atoms with Crippen LogP contribution in [0.1, 0.15) is 26.4 Å². The third kappa shape index (κ3) is 3.56. The van der Waals surface area contributed by atoms with Crippen molar-refractivity contribution in [2.24, 2.45) is 0 Å². The van der Waals surface area contributed by atoms with E-state index in [0.29, 0.717) is 22.5 Å². The molecule has 0 radical (unpaired) electrons. The zero-order valence-electron chi connectivity index (χ0n) is 11.4. The van der Waals surface area contributed by atoms with E-state index >= 15 is 0 Å². The summed E-state index contributed by atoms with van der Waals surface area (Å²) in [6, 6.07) is 9.80. The summed E-state index contributed by atoms with van der Waals surface area (Å²) in [5.74, 6) is -0.991. The van der Waals surface area contributed by atoms with Gasteiger partial charge in [-0.05, 0) is 24.3 Å². The molecule has 1 heterocycles. The molecule has 0 aliphatic carbocycles. The van der Waals surface area contributed by atoms with Crippen LogP contribution >= 0.6 is 0 Å². The average Bonchev–Trinajstić information content (AvgIpc) is 2.52. The molecule has 1 aromatic carbocycles. The highest BCUT2D eigenvalue weighted by Crippen LogP contribution is 2.13. The number of anilines is 1. The van der Waals surface area contributed by atoms with Gasteiger partial charge >= 0.3 is 11.9 Å². The fourth-order valence-electron chi connectivity index (χ4n) is 1.65. The molecule has 0 aliphatic heterocycles. The van der Waals surface area contributed by atoms with Gasteiger partial charge in [-0.15, -0.1) is 0 Å². The Hall–Kier alpha value is -2.89. The Bertz CT molecular complexity index is 653. The molecule has 6 heteroatoms. The molecule has 1 aromatic heterocycles. The Morgan fingerprint density at radius 1 is 1.14 bits per heavy atom. The first kappa shape index (κ1) is 14.5. The van der Waals surface area contributed by atoms with Crippen LogP contribution in [-0.4, -0.2) is 24.0 Å². The number of carbonyl (C=O) groups is 2. The van der Waals surface area contributed by atoms with E-state index in [1.54, 1.807) is 36.4 Å². The summed E-state index contributed by atoms with van der Waals surface area (Å²) < 4.78 is 9.69. The van der Waals surface area contributed by atoms with Gasteiger partial charge in [0, 0.05) is 11.9 Å². The van der Waals surface area contributed by atoms with Crippen molar-refractivity contribution in [1.82, 2.24) is 4.98 Å². The minimum absolute atomic E-state index is 0.00534. The lowest BCUT2D eigenvalue weighted by Gasteiger charge is -2.06. The molecule has 0 atom stereocenters. The van der Waals surface area contributed by atoms with Gasteiger partial charge in [-0.25, -0.2) is 9.59 Å². The Morgan fingerprint density at radius 3 is 2.52 bits per heavy atom. The minimum Gasteiger partial charge on any atom is -0.465 e. The summed E-state index contributed by atoms with van der Waals surface area (Å²) in [7, 11) is 1.29. The van der Waals surface area contributed by atoms with Crippen LogP contribution in [0.15, 0.2) is 42.6 Å². The van der Waals surface area contributed by atoms with Crippen molar-refractivity contribution in [3.05, 3.63) is 59.4 Å². The minimum atomic E-state index is -0.521. The molecule has 0 amide bonds. The largest absolute Gasteiger partial charge is 0.465 e. The SMILES string of the molecule is COC(=O)c1ccc(COC(=O)c2ccccc2N)nc1. The summed E-state index contributed by atoms with van der Waals surface area (Å²) in [6.07, 6.45) is 1.37. The van der Waals surface area contributed by atoms with Crippen LogP contribution in [0.25, 0.3) is 0 Å². The van der Waals surface area contributed by atoms with E-state index in [1.807, 2.05) is 0 Å². The number of nitrogens with zero attached hydrogens (tertiary/aromatic N) is 1. The van der Waals surface area contributed by atoms with E-state index in [0.717, 1.165) is 0 Å². The summed E-state index contributed by atoms with van der Waals surface area (Å²) >= 11 is 0. The number of nitrogen functional groups attached to an aromatic ring is 1. The maximum Gasteiger partial charge on any atom is 0.340 e. The number of nitrogens with two attached hydrogens (primary N) is 1. The number of para-hydroxylation sites is 1. The molecular weight excluding hydrogens is 272 g/mol. The fourth-order valence-corrected chi connectivity index (χ4v) is 1.65. The van der Waals surface area contributed by atoms with Crippen LogP contribution in [0.4, 0.5) is 5.69 Å². The number of aromatic nitrogens is 1. The Morgan fingerprint density at radius 2 is 1.90 bits per heavy atom. The van der Waals surface area contributed by atoms with E-state index in [4.69, 9.17) is 10.5 Å². The molecule has 2 N–H and O–H groups in total. The number of hydrogen-bond acceptors (Lipinski definition) is 6. The molecule has 2 rings (SSSR count). The first-order chi connectivity index (χ1) is 10.1. The van der Waals surface area contributed by atoms with Gasteiger partial charge in [-0.1, -0.05) is 12.1 Å². The normalized spacial score (nSPS) is 9.95. The molecule has 0 aliphatic rings. The van der Waals surface area contributed by atoms with E-state index in [2.05, 4.69) is 9.72 Å². The molecule has 0 unspecified atom stereocenters. The highest BCUT2D eigenvalue weighted by atomic mass is 16.5. The maximum absolute atomic E-state index is 11.9. The van der Waals surface area contributed by atoms with Crippen LogP contribution in [0, 0.1) is 0 Å². The number of pyridine rings is 1. The number of rotatable bonds is 4. The average molecular weight is 286 g/mol. The zero-order valence-corrected chi connectivity index (χ0v) is 11.4. The third-order valence-corrected chi connectivity index (χ3v) is 2.78. The number of carbonyl (C=O) groups excluding carboxylic acids is 2. The highest BCUT2D eigenvalue weighted by molar-refractivity contribution is 5.94. The molecular formula is C15H14N2O4. The standard InChI is InChI=1S/C15H14N2O4/c1-20-14(18)10-6-7-11(17-8-10)9-21-15(19)12-4-2-3-5-13(12)16/h2-8H,9,16H2,1H3. The topological polar surface area (TPSA) is 91.5 Å². The van der Waals surface area contributed by atoms with Gasteiger partial charge in [0.25, 0.3) is 0 Å². The second-order valence-corrected chi connectivity index (χ2v) is 4.19. The van der Waals surface area contributed by atoms with Gasteiger partial charge < -0.3 is 15.2 Å². The van der Waals surface area contributed by atoms with Crippen LogP contribution < -0.4 is 5.73 Å². The van der Waals surface area contributed by atoms with Crippen molar-refractivity contribution in [3.63, 3.8) is 0 Å². The molecule has 0 fully saturated rings. The van der Waals surface area contributed by atoms with Gasteiger partial charge in [0.05, 0.1) is 23.9 Å². The zero-order chi connectivity index (χ0) is 15.2. The van der Waals surface area contributed by atoms with E-state index in [1.165, 1.54) is 13.3 Å². The molecule has 0 saturated heterocycles. The number of esters is 2. The first-order valence-corrected chi connectivity index (χ1v) is 6.16. The molecule has 6 nitrogen and oxygen atoms in total. The smallest absolute Gasteiger partial charge is 0.340 e. The lowest BCUT2D eigenvalue weighted by atomic mass is 10.2. The van der Waals surface area contributed by atoms with Crippen molar-refractivity contribution in [1.29, 1.82) is 0 Å². The monoisotopic (exact) mass is 286 g/mol. The second-order valence-electron chi connectivity index (χ2n) is 4.19. The van der Waals surface area contributed by atoms with Crippen LogP contribution in [-0.2, 0) is 16.1 Å². The predicted octanol–water partition coefficient (Wildman–Crippen LogP) is 1.81. The van der Waals surface area contributed by atoms with Crippen molar-refractivity contribution >= 4 is 17.6 Å². The van der Waals surface area contributed by atoms with E-state index in [-0.39, 0.29) is 6.61 Å². The molecule has 2 aromatic rings. The summed E-state index contributed by atoms with van der Waals surface area (Å²) in [6.45, 7) is -0.00534. The quantitative estimate of drug-likeness (QED) is 0.680. The van der Waals surface area contributed by atoms with Crippen LogP contribution in [0.5, 0.6) is 0 Å². The van der Waals surface area contributed by atoms with Crippen molar-refractivity contribution in [2.45, 2.75) is 6.61 Å². The summed E-state index contributed by atoms with van der Waals surface area (Å²) in [5, 5.41) is 0. The maximum atomic E-state index is 11.9.